The topological polar surface area (TPSA) is 78.4 Å². The Hall–Kier alpha value is -0.750. The molecule has 1 saturated heterocycles. The summed E-state index contributed by atoms with van der Waals surface area (Å²) in [7, 11) is 0. The first-order valence-corrected chi connectivity index (χ1v) is 8.92. The van der Waals surface area contributed by atoms with E-state index in [1.807, 2.05) is 0 Å². The SMILES string of the molecule is CC1(C(=O)O)CCCCC1NC(=O)CSC1CCNCC1. The molecule has 1 aliphatic heterocycles. The van der Waals surface area contributed by atoms with Gasteiger partial charge in [0.05, 0.1) is 11.2 Å². The summed E-state index contributed by atoms with van der Waals surface area (Å²) in [5, 5.41) is 16.3. The quantitative estimate of drug-likeness (QED) is 0.719. The molecular formula is C15H26N2O3S. The molecule has 2 unspecified atom stereocenters. The molecule has 21 heavy (non-hydrogen) atoms. The molecule has 2 aliphatic rings. The molecule has 0 aromatic carbocycles. The lowest BCUT2D eigenvalue weighted by molar-refractivity contribution is -0.152. The molecule has 1 saturated carbocycles. The van der Waals surface area contributed by atoms with E-state index in [1.165, 1.54) is 0 Å². The Kier molecular flexibility index (Phi) is 5.93. The largest absolute Gasteiger partial charge is 0.481 e. The molecule has 1 aliphatic carbocycles. The van der Waals surface area contributed by atoms with Gasteiger partial charge >= 0.3 is 5.97 Å². The fourth-order valence-corrected chi connectivity index (χ4v) is 4.25. The summed E-state index contributed by atoms with van der Waals surface area (Å²) in [6.45, 7) is 3.82. The summed E-state index contributed by atoms with van der Waals surface area (Å²) < 4.78 is 0. The van der Waals surface area contributed by atoms with E-state index in [2.05, 4.69) is 10.6 Å². The van der Waals surface area contributed by atoms with Crippen LogP contribution in [-0.2, 0) is 9.59 Å². The van der Waals surface area contributed by atoms with Crippen LogP contribution < -0.4 is 10.6 Å². The highest BCUT2D eigenvalue weighted by Gasteiger charge is 2.43. The summed E-state index contributed by atoms with van der Waals surface area (Å²) >= 11 is 1.70. The molecule has 0 aromatic rings. The van der Waals surface area contributed by atoms with E-state index in [-0.39, 0.29) is 11.9 Å². The normalized spacial score (nSPS) is 30.8. The minimum atomic E-state index is -0.812. The van der Waals surface area contributed by atoms with Gasteiger partial charge in [0.15, 0.2) is 0 Å². The first kappa shape index (κ1) is 16.6. The molecule has 0 spiro atoms. The molecule has 2 rings (SSSR count). The van der Waals surface area contributed by atoms with Crippen molar-refractivity contribution in [1.29, 1.82) is 0 Å². The monoisotopic (exact) mass is 314 g/mol. The highest BCUT2D eigenvalue weighted by atomic mass is 32.2. The number of carboxylic acids is 1. The van der Waals surface area contributed by atoms with Crippen LogP contribution in [0.25, 0.3) is 0 Å². The molecule has 6 heteroatoms. The number of amides is 1. The number of rotatable bonds is 5. The van der Waals surface area contributed by atoms with Gasteiger partial charge < -0.3 is 15.7 Å². The zero-order valence-electron chi connectivity index (χ0n) is 12.7. The van der Waals surface area contributed by atoms with Crippen molar-refractivity contribution >= 4 is 23.6 Å². The zero-order chi connectivity index (χ0) is 15.3. The van der Waals surface area contributed by atoms with Crippen molar-refractivity contribution in [3.8, 4) is 0 Å². The van der Waals surface area contributed by atoms with Crippen LogP contribution >= 0.6 is 11.8 Å². The van der Waals surface area contributed by atoms with Gasteiger partial charge in [0.25, 0.3) is 0 Å². The third-order valence-corrected chi connectivity index (χ3v) is 6.14. The van der Waals surface area contributed by atoms with Gasteiger partial charge in [0.1, 0.15) is 0 Å². The maximum atomic E-state index is 12.1. The summed E-state index contributed by atoms with van der Waals surface area (Å²) in [4.78, 5) is 23.6. The first-order valence-electron chi connectivity index (χ1n) is 7.87. The van der Waals surface area contributed by atoms with Gasteiger partial charge in [-0.2, -0.15) is 0 Å². The van der Waals surface area contributed by atoms with E-state index in [9.17, 15) is 14.7 Å². The summed E-state index contributed by atoms with van der Waals surface area (Å²) in [6, 6.07) is -0.232. The average molecular weight is 314 g/mol. The Morgan fingerprint density at radius 3 is 2.67 bits per heavy atom. The van der Waals surface area contributed by atoms with Crippen LogP contribution in [0.5, 0.6) is 0 Å². The maximum absolute atomic E-state index is 12.1. The molecular weight excluding hydrogens is 288 g/mol. The van der Waals surface area contributed by atoms with E-state index in [0.29, 0.717) is 17.4 Å². The van der Waals surface area contributed by atoms with E-state index >= 15 is 0 Å². The molecule has 5 nitrogen and oxygen atoms in total. The first-order chi connectivity index (χ1) is 10.0. The number of hydrogen-bond acceptors (Lipinski definition) is 4. The van der Waals surface area contributed by atoms with Crippen molar-refractivity contribution in [3.05, 3.63) is 0 Å². The second-order valence-corrected chi connectivity index (χ2v) is 7.64. The fraction of sp³-hybridized carbons (Fsp3) is 0.867. The third kappa shape index (κ3) is 4.36. The lowest BCUT2D eigenvalue weighted by Gasteiger charge is -2.38. The van der Waals surface area contributed by atoms with Crippen molar-refractivity contribution in [3.63, 3.8) is 0 Å². The Bertz CT molecular complexity index is 385. The van der Waals surface area contributed by atoms with Crippen LogP contribution in [-0.4, -0.2) is 47.1 Å². The number of nitrogens with one attached hydrogen (secondary N) is 2. The predicted octanol–water partition coefficient (Wildman–Crippen LogP) is 1.62. The predicted molar refractivity (Wildman–Crippen MR) is 84.5 cm³/mol. The van der Waals surface area contributed by atoms with Crippen LogP contribution in [0, 0.1) is 5.41 Å². The van der Waals surface area contributed by atoms with E-state index in [4.69, 9.17) is 0 Å². The Morgan fingerprint density at radius 1 is 1.29 bits per heavy atom. The standard InChI is InChI=1S/C15H26N2O3S/c1-15(14(19)20)7-3-2-4-12(15)17-13(18)10-21-11-5-8-16-9-6-11/h11-12,16H,2-10H2,1H3,(H,17,18)(H,19,20). The highest BCUT2D eigenvalue weighted by molar-refractivity contribution is 8.00. The number of piperidine rings is 1. The second-order valence-electron chi connectivity index (χ2n) is 6.35. The molecule has 2 atom stereocenters. The zero-order valence-corrected chi connectivity index (χ0v) is 13.5. The van der Waals surface area contributed by atoms with Gasteiger partial charge in [-0.25, -0.2) is 0 Å². The molecule has 0 bridgehead atoms. The van der Waals surface area contributed by atoms with E-state index in [0.717, 1.165) is 45.2 Å². The van der Waals surface area contributed by atoms with Crippen molar-refractivity contribution in [2.45, 2.75) is 56.7 Å². The number of carboxylic acid groups (broad SMARTS) is 1. The minimum Gasteiger partial charge on any atom is -0.481 e. The third-order valence-electron chi connectivity index (χ3n) is 4.77. The molecule has 1 amide bonds. The lowest BCUT2D eigenvalue weighted by Crippen LogP contribution is -2.52. The Balaban J connectivity index is 1.81. The highest BCUT2D eigenvalue weighted by Crippen LogP contribution is 2.36. The van der Waals surface area contributed by atoms with Gasteiger partial charge in [-0.05, 0) is 45.7 Å². The van der Waals surface area contributed by atoms with Crippen LogP contribution in [0.2, 0.25) is 0 Å². The van der Waals surface area contributed by atoms with Crippen LogP contribution in [0.15, 0.2) is 0 Å². The van der Waals surface area contributed by atoms with Crippen LogP contribution in [0.1, 0.15) is 45.4 Å². The van der Waals surface area contributed by atoms with Gasteiger partial charge in [0, 0.05) is 11.3 Å². The Morgan fingerprint density at radius 2 is 2.00 bits per heavy atom. The average Bonchev–Trinajstić information content (AvgIpc) is 2.48. The number of carbonyl (C=O) groups excluding carboxylic acids is 1. The van der Waals surface area contributed by atoms with Crippen molar-refractivity contribution in [2.24, 2.45) is 5.41 Å². The molecule has 3 N–H and O–H groups in total. The summed E-state index contributed by atoms with van der Waals surface area (Å²) in [5.74, 6) is -0.368. The molecule has 2 fully saturated rings. The minimum absolute atomic E-state index is 0.0158. The van der Waals surface area contributed by atoms with Gasteiger partial charge in [0.2, 0.25) is 5.91 Å². The fourth-order valence-electron chi connectivity index (χ4n) is 3.21. The van der Waals surface area contributed by atoms with Gasteiger partial charge in [-0.1, -0.05) is 12.8 Å². The molecule has 0 aromatic heterocycles. The second kappa shape index (κ2) is 7.49. The number of hydrogen-bond donors (Lipinski definition) is 3. The smallest absolute Gasteiger partial charge is 0.311 e. The maximum Gasteiger partial charge on any atom is 0.311 e. The Labute approximate surface area is 130 Å². The summed E-state index contributed by atoms with van der Waals surface area (Å²) in [6.07, 6.45) is 5.55. The van der Waals surface area contributed by atoms with Crippen LogP contribution in [0.4, 0.5) is 0 Å². The molecule has 1 heterocycles. The number of aliphatic carboxylic acids is 1. The number of thioether (sulfide) groups is 1. The van der Waals surface area contributed by atoms with Crippen molar-refractivity contribution in [2.75, 3.05) is 18.8 Å². The van der Waals surface area contributed by atoms with E-state index < -0.39 is 11.4 Å². The van der Waals surface area contributed by atoms with Crippen molar-refractivity contribution in [1.82, 2.24) is 10.6 Å². The van der Waals surface area contributed by atoms with E-state index in [1.54, 1.807) is 18.7 Å². The van der Waals surface area contributed by atoms with Gasteiger partial charge in [-0.3, -0.25) is 9.59 Å². The molecule has 0 radical (unpaired) electrons. The van der Waals surface area contributed by atoms with Crippen molar-refractivity contribution < 1.29 is 14.7 Å². The lowest BCUT2D eigenvalue weighted by atomic mass is 9.71. The number of carbonyl (C=O) groups is 2. The van der Waals surface area contributed by atoms with Gasteiger partial charge in [-0.15, -0.1) is 11.8 Å². The van der Waals surface area contributed by atoms with Crippen LogP contribution in [0.3, 0.4) is 0 Å². The summed E-state index contributed by atoms with van der Waals surface area (Å²) in [5.41, 5.74) is -0.812. The molecule has 120 valence electrons.